The fourth-order valence-electron chi connectivity index (χ4n) is 5.25. The van der Waals surface area contributed by atoms with Gasteiger partial charge in [-0.2, -0.15) is 0 Å². The molecule has 1 aromatic heterocycles. The van der Waals surface area contributed by atoms with E-state index in [1.165, 1.54) is 0 Å². The number of ether oxygens (including phenoxy) is 1. The average Bonchev–Trinajstić information content (AvgIpc) is 3.12. The van der Waals surface area contributed by atoms with Crippen molar-refractivity contribution in [1.82, 2.24) is 14.5 Å². The fourth-order valence-corrected chi connectivity index (χ4v) is 5.25. The molecule has 1 saturated carbocycles. The van der Waals surface area contributed by atoms with Gasteiger partial charge in [-0.15, -0.1) is 0 Å². The molecule has 4 rings (SSSR count). The molecule has 0 bridgehead atoms. The summed E-state index contributed by atoms with van der Waals surface area (Å²) in [4.78, 5) is 18.7. The van der Waals surface area contributed by atoms with Crippen LogP contribution in [0.4, 0.5) is 4.79 Å². The van der Waals surface area contributed by atoms with Crippen molar-refractivity contribution in [3.8, 4) is 11.5 Å². The van der Waals surface area contributed by atoms with Gasteiger partial charge in [0.05, 0.1) is 23.4 Å². The van der Waals surface area contributed by atoms with Crippen LogP contribution in [0.25, 0.3) is 11.0 Å². The average molecular weight is 464 g/mol. The summed E-state index contributed by atoms with van der Waals surface area (Å²) in [5.74, 6) is 1.44. The Bertz CT molecular complexity index is 1150. The first-order chi connectivity index (χ1) is 15.9. The number of carboxylic acid groups (broad SMARTS) is 1. The molecular formula is C28H37N3O3. The van der Waals surface area contributed by atoms with Crippen molar-refractivity contribution < 1.29 is 14.6 Å². The van der Waals surface area contributed by atoms with Gasteiger partial charge in [0.15, 0.2) is 0 Å². The van der Waals surface area contributed by atoms with Gasteiger partial charge in [0.1, 0.15) is 11.5 Å². The van der Waals surface area contributed by atoms with Crippen LogP contribution < -0.4 is 4.74 Å². The highest BCUT2D eigenvalue weighted by Gasteiger charge is 2.41. The van der Waals surface area contributed by atoms with Gasteiger partial charge >= 0.3 is 6.09 Å². The van der Waals surface area contributed by atoms with Crippen LogP contribution in [0.2, 0.25) is 0 Å². The summed E-state index contributed by atoms with van der Waals surface area (Å²) in [7, 11) is 1.97. The van der Waals surface area contributed by atoms with Gasteiger partial charge in [-0.05, 0) is 66.3 Å². The Morgan fingerprint density at radius 1 is 1.12 bits per heavy atom. The molecule has 1 fully saturated rings. The number of rotatable bonds is 5. The predicted molar refractivity (Wildman–Crippen MR) is 135 cm³/mol. The molecule has 34 heavy (non-hydrogen) atoms. The molecule has 0 radical (unpaired) electrons. The summed E-state index contributed by atoms with van der Waals surface area (Å²) in [6, 6.07) is 13.5. The number of nitrogens with zero attached hydrogens (tertiary/aromatic N) is 3. The van der Waals surface area contributed by atoms with Crippen LogP contribution in [0.3, 0.4) is 0 Å². The van der Waals surface area contributed by atoms with E-state index in [0.717, 1.165) is 48.0 Å². The number of aromatic nitrogens is 2. The number of imidazole rings is 1. The van der Waals surface area contributed by atoms with Crippen LogP contribution in [-0.2, 0) is 7.05 Å². The van der Waals surface area contributed by atoms with Gasteiger partial charge in [0.25, 0.3) is 0 Å². The van der Waals surface area contributed by atoms with E-state index in [0.29, 0.717) is 5.75 Å². The summed E-state index contributed by atoms with van der Waals surface area (Å²) >= 11 is 0. The monoisotopic (exact) mass is 463 g/mol. The van der Waals surface area contributed by atoms with E-state index in [2.05, 4.69) is 39.6 Å². The zero-order chi connectivity index (χ0) is 24.7. The zero-order valence-corrected chi connectivity index (χ0v) is 21.2. The first-order valence-electron chi connectivity index (χ1n) is 12.1. The summed E-state index contributed by atoms with van der Waals surface area (Å²) < 4.78 is 8.06. The van der Waals surface area contributed by atoms with E-state index in [1.807, 2.05) is 54.1 Å². The minimum absolute atomic E-state index is 0.0378. The predicted octanol–water partition coefficient (Wildman–Crippen LogP) is 7.40. The Labute approximate surface area is 202 Å². The number of amides is 1. The molecule has 1 aliphatic carbocycles. The number of carbonyl (C=O) groups is 1. The molecule has 1 amide bonds. The summed E-state index contributed by atoms with van der Waals surface area (Å²) in [6.45, 7) is 10.9. The smallest absolute Gasteiger partial charge is 0.408 e. The third kappa shape index (κ3) is 5.06. The highest BCUT2D eigenvalue weighted by molar-refractivity contribution is 5.77. The van der Waals surface area contributed by atoms with Crippen LogP contribution >= 0.6 is 0 Å². The lowest BCUT2D eigenvalue weighted by Gasteiger charge is -2.46. The quantitative estimate of drug-likeness (QED) is 0.428. The standard InChI is InChI=1S/C28H37N3O3/c1-27(2,3)25(31(26(32)33)20-13-15-28(4,5)16-14-20)19-7-9-21(10-8-19)34-22-11-12-24-23(17-22)29-18-30(24)6/h7-12,17-18,20,25H,13-16H2,1-6H3,(H,32,33). The Balaban J connectivity index is 1.58. The van der Waals surface area contributed by atoms with Crippen molar-refractivity contribution in [1.29, 1.82) is 0 Å². The number of hydrogen-bond donors (Lipinski definition) is 1. The maximum absolute atomic E-state index is 12.5. The fraction of sp³-hybridized carbons (Fsp3) is 0.500. The molecule has 1 atom stereocenters. The van der Waals surface area contributed by atoms with Crippen LogP contribution in [0.1, 0.15) is 71.9 Å². The summed E-state index contributed by atoms with van der Waals surface area (Å²) in [5.41, 5.74) is 2.97. The zero-order valence-electron chi connectivity index (χ0n) is 21.2. The Kier molecular flexibility index (Phi) is 6.36. The van der Waals surface area contributed by atoms with E-state index in [1.54, 1.807) is 11.2 Å². The number of aryl methyl sites for hydroxylation is 1. The van der Waals surface area contributed by atoms with Crippen molar-refractivity contribution in [2.24, 2.45) is 17.9 Å². The Morgan fingerprint density at radius 2 is 1.74 bits per heavy atom. The van der Waals surface area contributed by atoms with Crippen molar-refractivity contribution >= 4 is 17.1 Å². The molecule has 0 spiro atoms. The van der Waals surface area contributed by atoms with Crippen molar-refractivity contribution in [2.75, 3.05) is 0 Å². The molecule has 1 N–H and O–H groups in total. The molecule has 1 unspecified atom stereocenters. The van der Waals surface area contributed by atoms with Gasteiger partial charge < -0.3 is 14.4 Å². The number of fused-ring (bicyclic) bond motifs is 1. The van der Waals surface area contributed by atoms with Crippen LogP contribution in [0.15, 0.2) is 48.8 Å². The number of benzene rings is 2. The lowest BCUT2D eigenvalue weighted by molar-refractivity contribution is 0.0279. The maximum Gasteiger partial charge on any atom is 0.408 e. The topological polar surface area (TPSA) is 67.6 Å². The van der Waals surface area contributed by atoms with Gasteiger partial charge in [0, 0.05) is 19.2 Å². The molecule has 3 aromatic rings. The molecule has 1 heterocycles. The van der Waals surface area contributed by atoms with Crippen LogP contribution in [-0.4, -0.2) is 31.7 Å². The third-order valence-corrected chi connectivity index (χ3v) is 7.15. The molecular weight excluding hydrogens is 426 g/mol. The summed E-state index contributed by atoms with van der Waals surface area (Å²) in [6.07, 6.45) is 4.86. The van der Waals surface area contributed by atoms with Gasteiger partial charge in [0.2, 0.25) is 0 Å². The van der Waals surface area contributed by atoms with Crippen molar-refractivity contribution in [2.45, 2.75) is 72.4 Å². The van der Waals surface area contributed by atoms with Crippen LogP contribution in [0, 0.1) is 10.8 Å². The van der Waals surface area contributed by atoms with E-state index >= 15 is 0 Å². The molecule has 6 nitrogen and oxygen atoms in total. The molecule has 6 heteroatoms. The molecule has 182 valence electrons. The second-order valence-electron chi connectivity index (χ2n) is 11.5. The van der Waals surface area contributed by atoms with Crippen molar-refractivity contribution in [3.05, 3.63) is 54.4 Å². The van der Waals surface area contributed by atoms with Gasteiger partial charge in [-0.3, -0.25) is 4.90 Å². The second-order valence-corrected chi connectivity index (χ2v) is 11.5. The summed E-state index contributed by atoms with van der Waals surface area (Å²) in [5, 5.41) is 10.3. The highest BCUT2D eigenvalue weighted by atomic mass is 16.5. The van der Waals surface area contributed by atoms with E-state index < -0.39 is 6.09 Å². The SMILES string of the molecule is Cn1cnc2cc(Oc3ccc(C(N(C(=O)O)C4CCC(C)(C)CC4)C(C)(C)C)cc3)ccc21. The normalized spacial score (nSPS) is 17.5. The lowest BCUT2D eigenvalue weighted by atomic mass is 9.73. The first-order valence-corrected chi connectivity index (χ1v) is 12.1. The highest BCUT2D eigenvalue weighted by Crippen LogP contribution is 2.44. The molecule has 2 aromatic carbocycles. The Morgan fingerprint density at radius 3 is 2.32 bits per heavy atom. The molecule has 1 aliphatic rings. The van der Waals surface area contributed by atoms with Gasteiger partial charge in [-0.25, -0.2) is 9.78 Å². The second kappa shape index (κ2) is 8.97. The van der Waals surface area contributed by atoms with Gasteiger partial charge in [-0.1, -0.05) is 46.8 Å². The Hall–Kier alpha value is -3.02. The minimum Gasteiger partial charge on any atom is -0.465 e. The largest absolute Gasteiger partial charge is 0.465 e. The lowest BCUT2D eigenvalue weighted by Crippen LogP contribution is -2.48. The number of hydrogen-bond acceptors (Lipinski definition) is 3. The van der Waals surface area contributed by atoms with E-state index in [9.17, 15) is 9.90 Å². The molecule has 0 aliphatic heterocycles. The molecule has 0 saturated heterocycles. The first kappa shape index (κ1) is 24.1. The minimum atomic E-state index is -0.839. The van der Waals surface area contributed by atoms with E-state index in [4.69, 9.17) is 4.74 Å². The maximum atomic E-state index is 12.5. The van der Waals surface area contributed by atoms with Crippen LogP contribution in [0.5, 0.6) is 11.5 Å². The van der Waals surface area contributed by atoms with E-state index in [-0.39, 0.29) is 22.9 Å². The third-order valence-electron chi connectivity index (χ3n) is 7.15. The van der Waals surface area contributed by atoms with Crippen molar-refractivity contribution in [3.63, 3.8) is 0 Å².